The lowest BCUT2D eigenvalue weighted by molar-refractivity contribution is -0.137. The van der Waals surface area contributed by atoms with Crippen molar-refractivity contribution in [3.05, 3.63) is 65.7 Å². The molecule has 2 rings (SSSR count). The zero-order valence-electron chi connectivity index (χ0n) is 11.8. The number of rotatable bonds is 4. The van der Waals surface area contributed by atoms with Gasteiger partial charge in [-0.15, -0.1) is 0 Å². The minimum atomic E-state index is -4.67. The molecule has 1 unspecified atom stereocenters. The molecule has 0 aliphatic carbocycles. The van der Waals surface area contributed by atoms with Gasteiger partial charge in [-0.2, -0.15) is 13.2 Å². The number of hydrogen-bond donors (Lipinski definition) is 0. The van der Waals surface area contributed by atoms with Crippen LogP contribution in [0.4, 0.5) is 13.2 Å². The number of halogens is 3. The van der Waals surface area contributed by atoms with E-state index >= 15 is 0 Å². The van der Waals surface area contributed by atoms with Gasteiger partial charge in [0.05, 0.1) is 5.56 Å². The average molecular weight is 326 g/mol. The highest BCUT2D eigenvalue weighted by Gasteiger charge is 2.40. The summed E-state index contributed by atoms with van der Waals surface area (Å²) in [5.41, 5.74) is -2.54. The van der Waals surface area contributed by atoms with Gasteiger partial charge in [-0.1, -0.05) is 55.5 Å². The molecule has 2 aromatic rings. The third-order valence-corrected chi connectivity index (χ3v) is 6.33. The van der Waals surface area contributed by atoms with Gasteiger partial charge in [0.15, 0.2) is 7.14 Å². The van der Waals surface area contributed by atoms with Gasteiger partial charge in [-0.25, -0.2) is 0 Å². The first-order chi connectivity index (χ1) is 10.3. The van der Waals surface area contributed by atoms with Gasteiger partial charge in [0.1, 0.15) is 0 Å². The van der Waals surface area contributed by atoms with Gasteiger partial charge in [0.2, 0.25) is 5.52 Å². The van der Waals surface area contributed by atoms with E-state index in [4.69, 9.17) is 0 Å². The van der Waals surface area contributed by atoms with E-state index in [1.54, 1.807) is 25.1 Å². The predicted octanol–water partition coefficient (Wildman–Crippen LogP) is 4.55. The average Bonchev–Trinajstić information content (AvgIpc) is 2.53. The van der Waals surface area contributed by atoms with Crippen LogP contribution in [-0.2, 0) is 10.7 Å². The first-order valence-electron chi connectivity index (χ1n) is 6.66. The monoisotopic (exact) mass is 326 g/mol. The second-order valence-corrected chi connectivity index (χ2v) is 7.77. The molecule has 0 aliphatic heterocycles. The molecule has 6 heteroatoms. The van der Waals surface area contributed by atoms with Gasteiger partial charge in [-0.05, 0) is 6.07 Å². The molecule has 0 saturated heterocycles. The van der Waals surface area contributed by atoms with E-state index in [0.29, 0.717) is 0 Å². The smallest absolute Gasteiger partial charge is 0.310 e. The summed E-state index contributed by atoms with van der Waals surface area (Å²) in [7, 11) is -3.60. The van der Waals surface area contributed by atoms with Crippen molar-refractivity contribution in [2.75, 3.05) is 6.16 Å². The van der Waals surface area contributed by atoms with Crippen LogP contribution >= 0.6 is 7.14 Å². The molecule has 0 fully saturated rings. The Morgan fingerprint density at radius 3 is 2.09 bits per heavy atom. The Balaban J connectivity index is 2.59. The first-order valence-corrected chi connectivity index (χ1v) is 8.55. The van der Waals surface area contributed by atoms with E-state index in [0.717, 1.165) is 12.1 Å². The number of carbonyl (C=O) groups excluding carboxylic acids is 1. The molecule has 0 saturated carbocycles. The predicted molar refractivity (Wildman–Crippen MR) is 80.0 cm³/mol. The van der Waals surface area contributed by atoms with Crippen molar-refractivity contribution in [3.8, 4) is 0 Å². The maximum absolute atomic E-state index is 13.1. The lowest BCUT2D eigenvalue weighted by atomic mass is 10.1. The summed E-state index contributed by atoms with van der Waals surface area (Å²) in [6, 6.07) is 12.4. The van der Waals surface area contributed by atoms with Crippen LogP contribution in [0.5, 0.6) is 0 Å². The van der Waals surface area contributed by atoms with Crippen LogP contribution in [0.15, 0.2) is 54.6 Å². The molecular weight excluding hydrogens is 312 g/mol. The maximum Gasteiger partial charge on any atom is 0.417 e. The molecule has 0 bridgehead atoms. The Hall–Kier alpha value is -1.87. The highest BCUT2D eigenvalue weighted by Crippen LogP contribution is 2.49. The van der Waals surface area contributed by atoms with Crippen LogP contribution in [-0.4, -0.2) is 11.7 Å². The fourth-order valence-electron chi connectivity index (χ4n) is 2.22. The van der Waals surface area contributed by atoms with E-state index in [1.807, 2.05) is 0 Å². The van der Waals surface area contributed by atoms with E-state index in [-0.39, 0.29) is 11.5 Å². The van der Waals surface area contributed by atoms with Crippen molar-refractivity contribution in [1.82, 2.24) is 0 Å². The zero-order valence-corrected chi connectivity index (χ0v) is 12.7. The van der Waals surface area contributed by atoms with Gasteiger partial charge in [-0.3, -0.25) is 4.79 Å². The van der Waals surface area contributed by atoms with Crippen molar-refractivity contribution in [2.45, 2.75) is 13.1 Å². The fraction of sp³-hybridized carbons (Fsp3) is 0.188. The van der Waals surface area contributed by atoms with Crippen molar-refractivity contribution < 1.29 is 22.5 Å². The first kappa shape index (κ1) is 16.5. The third-order valence-electron chi connectivity index (χ3n) is 3.41. The number of alkyl halides is 3. The SMILES string of the molecule is CCP(=O)(C(=O)c1ccccc1C(F)(F)F)c1ccccc1. The standard InChI is InChI=1S/C16H14F3O2P/c1-2-22(21,12-8-4-3-5-9-12)15(20)13-10-6-7-11-14(13)16(17,18)19/h3-11H,2H2,1H3. The Kier molecular flexibility index (Phi) is 4.57. The second kappa shape index (κ2) is 6.09. The normalized spacial score (nSPS) is 14.4. The summed E-state index contributed by atoms with van der Waals surface area (Å²) < 4.78 is 52.2. The summed E-state index contributed by atoms with van der Waals surface area (Å²) in [5, 5.41) is 0.277. The Labute approximate surface area is 126 Å². The van der Waals surface area contributed by atoms with E-state index in [2.05, 4.69) is 0 Å². The molecule has 0 radical (unpaired) electrons. The quantitative estimate of drug-likeness (QED) is 0.772. The Morgan fingerprint density at radius 1 is 1.00 bits per heavy atom. The fourth-order valence-corrected chi connectivity index (χ4v) is 4.35. The van der Waals surface area contributed by atoms with Crippen LogP contribution in [0.1, 0.15) is 22.8 Å². The van der Waals surface area contributed by atoms with Crippen LogP contribution in [0.25, 0.3) is 0 Å². The van der Waals surface area contributed by atoms with Gasteiger partial charge in [0, 0.05) is 17.0 Å². The summed E-state index contributed by atoms with van der Waals surface area (Å²) in [6.45, 7) is 1.54. The summed E-state index contributed by atoms with van der Waals surface area (Å²) in [4.78, 5) is 12.6. The van der Waals surface area contributed by atoms with Gasteiger partial charge in [0.25, 0.3) is 0 Å². The molecule has 2 aromatic carbocycles. The molecule has 22 heavy (non-hydrogen) atoms. The Bertz CT molecular complexity index is 724. The van der Waals surface area contributed by atoms with Crippen LogP contribution in [0.2, 0.25) is 0 Å². The van der Waals surface area contributed by atoms with Crippen LogP contribution < -0.4 is 5.30 Å². The number of hydrogen-bond acceptors (Lipinski definition) is 2. The summed E-state index contributed by atoms with van der Waals surface area (Å²) >= 11 is 0. The van der Waals surface area contributed by atoms with Crippen LogP contribution in [0, 0.1) is 0 Å². The molecular formula is C16H14F3O2P. The summed E-state index contributed by atoms with van der Waals surface area (Å²) in [6.07, 6.45) is -4.69. The number of benzene rings is 2. The molecule has 0 N–H and O–H groups in total. The van der Waals surface area contributed by atoms with Crippen molar-refractivity contribution in [2.24, 2.45) is 0 Å². The zero-order chi connectivity index (χ0) is 16.4. The van der Waals surface area contributed by atoms with E-state index in [1.165, 1.54) is 24.3 Å². The minimum absolute atomic E-state index is 0.0258. The van der Waals surface area contributed by atoms with E-state index in [9.17, 15) is 22.5 Å². The molecule has 1 atom stereocenters. The maximum atomic E-state index is 13.1. The molecule has 116 valence electrons. The second-order valence-electron chi connectivity index (χ2n) is 4.74. The highest BCUT2D eigenvalue weighted by molar-refractivity contribution is 7.87. The molecule has 2 nitrogen and oxygen atoms in total. The minimum Gasteiger partial charge on any atom is -0.310 e. The molecule has 0 aromatic heterocycles. The van der Waals surface area contributed by atoms with Crippen molar-refractivity contribution in [1.29, 1.82) is 0 Å². The molecule has 0 amide bonds. The molecule has 0 aliphatic rings. The third kappa shape index (κ3) is 3.00. The van der Waals surface area contributed by atoms with Crippen LogP contribution in [0.3, 0.4) is 0 Å². The van der Waals surface area contributed by atoms with Gasteiger partial charge >= 0.3 is 6.18 Å². The molecule has 0 heterocycles. The van der Waals surface area contributed by atoms with Crippen molar-refractivity contribution in [3.63, 3.8) is 0 Å². The topological polar surface area (TPSA) is 34.1 Å². The summed E-state index contributed by atoms with van der Waals surface area (Å²) in [5.74, 6) is 0. The Morgan fingerprint density at radius 2 is 1.55 bits per heavy atom. The van der Waals surface area contributed by atoms with Crippen molar-refractivity contribution >= 4 is 18.0 Å². The largest absolute Gasteiger partial charge is 0.417 e. The lowest BCUT2D eigenvalue weighted by Crippen LogP contribution is -2.19. The highest BCUT2D eigenvalue weighted by atomic mass is 31.2. The number of carbonyl (C=O) groups is 1. The van der Waals surface area contributed by atoms with Gasteiger partial charge < -0.3 is 4.57 Å². The van der Waals surface area contributed by atoms with E-state index < -0.39 is 30.0 Å². The molecule has 0 spiro atoms. The lowest BCUT2D eigenvalue weighted by Gasteiger charge is -2.18.